The van der Waals surface area contributed by atoms with Gasteiger partial charge < -0.3 is 9.47 Å². The molecule has 12 heavy (non-hydrogen) atoms. The minimum atomic E-state index is -0.797. The molecular weight excluding hydrogens is 166 g/mol. The monoisotopic (exact) mass is 171 g/mol. The summed E-state index contributed by atoms with van der Waals surface area (Å²) in [5.41, 5.74) is 7.86. The molecule has 7 nitrogen and oxygen atoms in total. The van der Waals surface area contributed by atoms with E-state index in [0.717, 1.165) is 0 Å². The molecule has 0 aromatic rings. The number of azide groups is 1. The maximum Gasteiger partial charge on any atom is 0.508 e. The third-order valence-corrected chi connectivity index (χ3v) is 1.21. The normalized spacial score (nSPS) is 20.7. The van der Waals surface area contributed by atoms with Crippen LogP contribution in [0.1, 0.15) is 6.42 Å². The molecule has 0 N–H and O–H groups in total. The molecule has 1 rings (SSSR count). The lowest BCUT2D eigenvalue weighted by Gasteiger charge is -1.99. The van der Waals surface area contributed by atoms with Gasteiger partial charge in [0.1, 0.15) is 12.7 Å². The van der Waals surface area contributed by atoms with E-state index in [1.807, 2.05) is 0 Å². The average molecular weight is 171 g/mol. The Balaban J connectivity index is 2.37. The number of cyclic esters (lactones) is 2. The molecule has 0 aromatic carbocycles. The van der Waals surface area contributed by atoms with Crippen molar-refractivity contribution in [1.29, 1.82) is 0 Å². The Morgan fingerprint density at radius 1 is 1.83 bits per heavy atom. The molecule has 1 atom stereocenters. The van der Waals surface area contributed by atoms with E-state index in [0.29, 0.717) is 0 Å². The fourth-order valence-corrected chi connectivity index (χ4v) is 0.751. The maximum atomic E-state index is 10.6. The fraction of sp³-hybridized carbons (Fsp3) is 0.600. The minimum absolute atomic E-state index is 0.0333. The number of nitrogens with zero attached hydrogens (tertiary/aromatic N) is 3. The van der Waals surface area contributed by atoms with Crippen molar-refractivity contribution in [2.45, 2.75) is 12.5 Å². The summed E-state index contributed by atoms with van der Waals surface area (Å²) in [7, 11) is 0. The van der Waals surface area contributed by atoms with Crippen molar-refractivity contribution in [2.75, 3.05) is 6.61 Å². The Morgan fingerprint density at radius 2 is 2.58 bits per heavy atom. The van der Waals surface area contributed by atoms with Crippen molar-refractivity contribution in [2.24, 2.45) is 5.11 Å². The number of hydrogen-bond donors (Lipinski definition) is 0. The number of carbonyl (C=O) groups excluding carboxylic acids is 2. The lowest BCUT2D eigenvalue weighted by atomic mass is 10.2. The predicted octanol–water partition coefficient (Wildman–Crippen LogP) is 0.749. The van der Waals surface area contributed by atoms with Gasteiger partial charge in [0.25, 0.3) is 0 Å². The molecule has 1 amide bonds. The van der Waals surface area contributed by atoms with Crippen LogP contribution in [0.3, 0.4) is 0 Å². The van der Waals surface area contributed by atoms with Crippen LogP contribution in [-0.4, -0.2) is 24.8 Å². The highest BCUT2D eigenvalue weighted by atomic mass is 16.8. The molecule has 1 aliphatic rings. The zero-order valence-electron chi connectivity index (χ0n) is 5.97. The SMILES string of the molecule is [N-]=[N+]=NC(=O)CC1COC(=O)O1. The Bertz CT molecular complexity index is 257. The van der Waals surface area contributed by atoms with Crippen LogP contribution in [0.15, 0.2) is 5.11 Å². The number of amides is 1. The zero-order valence-corrected chi connectivity index (χ0v) is 5.97. The van der Waals surface area contributed by atoms with Crippen molar-refractivity contribution in [3.63, 3.8) is 0 Å². The first-order valence-corrected chi connectivity index (χ1v) is 3.13. The summed E-state index contributed by atoms with van der Waals surface area (Å²) in [5, 5.41) is 2.81. The van der Waals surface area contributed by atoms with Crippen LogP contribution >= 0.6 is 0 Å². The molecule has 1 fully saturated rings. The van der Waals surface area contributed by atoms with Gasteiger partial charge in [-0.1, -0.05) is 0 Å². The van der Waals surface area contributed by atoms with E-state index in [4.69, 9.17) is 5.53 Å². The largest absolute Gasteiger partial charge is 0.508 e. The van der Waals surface area contributed by atoms with Gasteiger partial charge >= 0.3 is 6.16 Å². The molecule has 0 aliphatic carbocycles. The molecule has 0 radical (unpaired) electrons. The van der Waals surface area contributed by atoms with Crippen molar-refractivity contribution < 1.29 is 19.1 Å². The Labute approximate surface area is 66.9 Å². The second kappa shape index (κ2) is 3.59. The highest BCUT2D eigenvalue weighted by Gasteiger charge is 2.26. The molecule has 1 saturated heterocycles. The lowest BCUT2D eigenvalue weighted by Crippen LogP contribution is -2.14. The number of hydrogen-bond acceptors (Lipinski definition) is 4. The molecule has 7 heteroatoms. The van der Waals surface area contributed by atoms with Gasteiger partial charge in [-0.05, 0) is 10.6 Å². The van der Waals surface area contributed by atoms with Crippen LogP contribution < -0.4 is 0 Å². The smallest absolute Gasteiger partial charge is 0.430 e. The third-order valence-electron chi connectivity index (χ3n) is 1.21. The van der Waals surface area contributed by atoms with E-state index in [1.165, 1.54) is 0 Å². The van der Waals surface area contributed by atoms with E-state index in [1.54, 1.807) is 0 Å². The zero-order chi connectivity index (χ0) is 8.97. The molecule has 0 spiro atoms. The Morgan fingerprint density at radius 3 is 3.08 bits per heavy atom. The maximum absolute atomic E-state index is 10.6. The Hall–Kier alpha value is -1.75. The van der Waals surface area contributed by atoms with Crippen LogP contribution in [-0.2, 0) is 14.3 Å². The van der Waals surface area contributed by atoms with E-state index in [9.17, 15) is 9.59 Å². The summed E-state index contributed by atoms with van der Waals surface area (Å²) < 4.78 is 8.91. The molecular formula is C5H5N3O4. The second-order valence-electron chi connectivity index (χ2n) is 2.09. The van der Waals surface area contributed by atoms with Gasteiger partial charge in [-0.2, -0.15) is 0 Å². The average Bonchev–Trinajstić information content (AvgIpc) is 2.36. The number of carbonyl (C=O) groups is 2. The van der Waals surface area contributed by atoms with Crippen LogP contribution in [0.25, 0.3) is 10.4 Å². The third kappa shape index (κ3) is 2.14. The van der Waals surface area contributed by atoms with E-state index >= 15 is 0 Å². The van der Waals surface area contributed by atoms with Crippen molar-refractivity contribution in [1.82, 2.24) is 0 Å². The van der Waals surface area contributed by atoms with Gasteiger partial charge in [0.15, 0.2) is 0 Å². The van der Waals surface area contributed by atoms with Gasteiger partial charge in [0.05, 0.1) is 6.42 Å². The van der Waals surface area contributed by atoms with Crippen LogP contribution in [0.5, 0.6) is 0 Å². The summed E-state index contributed by atoms with van der Waals surface area (Å²) in [6.07, 6.45) is -1.54. The quantitative estimate of drug-likeness (QED) is 0.264. The van der Waals surface area contributed by atoms with Crippen molar-refractivity contribution in [3.8, 4) is 0 Å². The predicted molar refractivity (Wildman–Crippen MR) is 35.0 cm³/mol. The van der Waals surface area contributed by atoms with Crippen LogP contribution in [0, 0.1) is 0 Å². The van der Waals surface area contributed by atoms with Gasteiger partial charge in [-0.15, -0.1) is 0 Å². The van der Waals surface area contributed by atoms with Crippen molar-refractivity contribution >= 4 is 12.1 Å². The summed E-state index contributed by atoms with van der Waals surface area (Å²) in [6, 6.07) is 0. The topological polar surface area (TPSA) is 101 Å². The van der Waals surface area contributed by atoms with Crippen LogP contribution in [0.4, 0.5) is 4.79 Å². The molecule has 1 heterocycles. The first-order chi connectivity index (χ1) is 5.72. The van der Waals surface area contributed by atoms with E-state index < -0.39 is 18.2 Å². The second-order valence-corrected chi connectivity index (χ2v) is 2.09. The first-order valence-electron chi connectivity index (χ1n) is 3.13. The highest BCUT2D eigenvalue weighted by molar-refractivity contribution is 5.77. The van der Waals surface area contributed by atoms with Gasteiger partial charge in [-0.3, -0.25) is 4.79 Å². The first kappa shape index (κ1) is 8.35. The Kier molecular flexibility index (Phi) is 2.49. The summed E-state index contributed by atoms with van der Waals surface area (Å²) in [4.78, 5) is 23.3. The molecule has 1 aliphatic heterocycles. The summed E-state index contributed by atoms with van der Waals surface area (Å²) >= 11 is 0. The number of ether oxygens (including phenoxy) is 2. The van der Waals surface area contributed by atoms with Crippen molar-refractivity contribution in [3.05, 3.63) is 10.4 Å². The molecule has 0 bridgehead atoms. The fourth-order valence-electron chi connectivity index (χ4n) is 0.751. The minimum Gasteiger partial charge on any atom is -0.430 e. The molecule has 0 aromatic heterocycles. The molecule has 64 valence electrons. The summed E-state index contributed by atoms with van der Waals surface area (Å²) in [6.45, 7) is 0.0333. The lowest BCUT2D eigenvalue weighted by molar-refractivity contribution is -0.119. The number of rotatable bonds is 2. The standard InChI is InChI=1S/C5H5N3O4/c6-8-7-4(9)1-3-2-11-5(10)12-3/h3H,1-2H2. The van der Waals surface area contributed by atoms with Gasteiger partial charge in [0.2, 0.25) is 5.91 Å². The van der Waals surface area contributed by atoms with Gasteiger partial charge in [0, 0.05) is 4.91 Å². The van der Waals surface area contributed by atoms with E-state index in [-0.39, 0.29) is 13.0 Å². The summed E-state index contributed by atoms with van der Waals surface area (Å²) in [5.74, 6) is -0.666. The molecule has 1 unspecified atom stereocenters. The van der Waals surface area contributed by atoms with Crippen LogP contribution in [0.2, 0.25) is 0 Å². The van der Waals surface area contributed by atoms with E-state index in [2.05, 4.69) is 19.5 Å². The molecule has 0 saturated carbocycles. The van der Waals surface area contributed by atoms with Gasteiger partial charge in [-0.25, -0.2) is 4.79 Å². The highest BCUT2D eigenvalue weighted by Crippen LogP contribution is 2.10.